The molecule has 0 aliphatic carbocycles. The highest BCUT2D eigenvalue weighted by molar-refractivity contribution is 8.00. The van der Waals surface area contributed by atoms with Crippen LogP contribution in [0.15, 0.2) is 41.3 Å². The van der Waals surface area contributed by atoms with Crippen LogP contribution < -0.4 is 0 Å². The van der Waals surface area contributed by atoms with Gasteiger partial charge in [-0.25, -0.2) is 0 Å². The third kappa shape index (κ3) is 1.17. The van der Waals surface area contributed by atoms with E-state index in [0.717, 1.165) is 16.0 Å². The molecule has 88 valence electrons. The van der Waals surface area contributed by atoms with Gasteiger partial charge in [0.1, 0.15) is 0 Å². The summed E-state index contributed by atoms with van der Waals surface area (Å²) >= 11 is 1.65. The summed E-state index contributed by atoms with van der Waals surface area (Å²) in [5.74, 6) is 0.839. The Morgan fingerprint density at radius 2 is 1.94 bits per heavy atom. The largest absolute Gasteiger partial charge is 0.344 e. The van der Waals surface area contributed by atoms with Crippen molar-refractivity contribution in [2.75, 3.05) is 5.75 Å². The van der Waals surface area contributed by atoms with Crippen LogP contribution in [0.25, 0.3) is 21.8 Å². The fraction of sp³-hybridized carbons (Fsp3) is 0.133. The van der Waals surface area contributed by atoms with Crippen molar-refractivity contribution in [3.63, 3.8) is 0 Å². The Balaban J connectivity index is 2.23. The first-order valence-corrected chi connectivity index (χ1v) is 6.91. The Morgan fingerprint density at radius 1 is 1.11 bits per heavy atom. The molecule has 4 rings (SSSR count). The van der Waals surface area contributed by atoms with Crippen LogP contribution in [-0.4, -0.2) is 16.1 Å². The van der Waals surface area contributed by atoms with Gasteiger partial charge in [0, 0.05) is 39.3 Å². The molecule has 3 aromatic rings. The van der Waals surface area contributed by atoms with Gasteiger partial charge in [-0.15, -0.1) is 11.8 Å². The molecule has 0 spiro atoms. The normalized spacial score (nSPS) is 14.6. The Hall–Kier alpha value is -1.74. The van der Waals surface area contributed by atoms with E-state index in [1.807, 2.05) is 6.07 Å². The smallest absolute Gasteiger partial charge is 0.174 e. The average Bonchev–Trinajstić information content (AvgIpc) is 2.90. The van der Waals surface area contributed by atoms with Crippen LogP contribution in [0.1, 0.15) is 10.4 Å². The number of aryl methyl sites for hydroxylation is 1. The van der Waals surface area contributed by atoms with E-state index in [2.05, 4.69) is 41.9 Å². The number of aromatic nitrogens is 1. The zero-order chi connectivity index (χ0) is 12.3. The van der Waals surface area contributed by atoms with Gasteiger partial charge in [0.2, 0.25) is 0 Å². The second-order valence-electron chi connectivity index (χ2n) is 4.65. The number of hydrogen-bond donors (Lipinski definition) is 0. The predicted octanol–water partition coefficient (Wildman–Crippen LogP) is 3.62. The van der Waals surface area contributed by atoms with Gasteiger partial charge < -0.3 is 4.57 Å². The molecule has 1 aliphatic rings. The van der Waals surface area contributed by atoms with E-state index in [1.54, 1.807) is 11.8 Å². The number of Topliss-reactive ketones (excluding diaryl/α,β-unsaturated/α-hetero) is 1. The van der Waals surface area contributed by atoms with Crippen molar-refractivity contribution < 1.29 is 4.79 Å². The summed E-state index contributed by atoms with van der Waals surface area (Å²) < 4.78 is 2.17. The predicted molar refractivity (Wildman–Crippen MR) is 75.5 cm³/mol. The van der Waals surface area contributed by atoms with Crippen molar-refractivity contribution in [3.8, 4) is 0 Å². The van der Waals surface area contributed by atoms with E-state index in [9.17, 15) is 4.79 Å². The molecule has 0 unspecified atom stereocenters. The molecule has 2 nitrogen and oxygen atoms in total. The minimum absolute atomic E-state index is 0.252. The molecule has 3 heteroatoms. The Morgan fingerprint density at radius 3 is 2.83 bits per heavy atom. The molecule has 0 amide bonds. The van der Waals surface area contributed by atoms with Gasteiger partial charge in [0.15, 0.2) is 5.78 Å². The molecule has 0 fully saturated rings. The molecular formula is C15H11NOS. The molecule has 18 heavy (non-hydrogen) atoms. The summed E-state index contributed by atoms with van der Waals surface area (Å²) in [5, 5.41) is 2.51. The highest BCUT2D eigenvalue weighted by Crippen LogP contribution is 2.37. The summed E-state index contributed by atoms with van der Waals surface area (Å²) in [6, 6.07) is 12.6. The third-order valence-corrected chi connectivity index (χ3v) is 4.73. The number of carbonyl (C=O) groups excluding carboxylic acids is 1. The minimum atomic E-state index is 0.252. The van der Waals surface area contributed by atoms with E-state index < -0.39 is 0 Å². The fourth-order valence-corrected chi connectivity index (χ4v) is 3.72. The SMILES string of the molecule is Cn1c2ccccc2c2cc3c(cc21)C(=O)CS3. The van der Waals surface area contributed by atoms with E-state index in [-0.39, 0.29) is 5.78 Å². The van der Waals surface area contributed by atoms with Crippen LogP contribution >= 0.6 is 11.8 Å². The summed E-state index contributed by atoms with van der Waals surface area (Å²) in [4.78, 5) is 12.9. The molecule has 0 bridgehead atoms. The Kier molecular flexibility index (Phi) is 1.92. The molecule has 0 saturated carbocycles. The number of carbonyl (C=O) groups is 1. The molecule has 0 atom stereocenters. The molecule has 0 radical (unpaired) electrons. The first-order valence-electron chi connectivity index (χ1n) is 5.93. The average molecular weight is 253 g/mol. The number of nitrogens with zero attached hydrogens (tertiary/aromatic N) is 1. The van der Waals surface area contributed by atoms with Crippen LogP contribution in [-0.2, 0) is 7.05 Å². The van der Waals surface area contributed by atoms with E-state index in [0.29, 0.717) is 5.75 Å². The third-order valence-electron chi connectivity index (χ3n) is 3.67. The Bertz CT molecular complexity index is 816. The molecule has 1 aromatic heterocycles. The number of hydrogen-bond acceptors (Lipinski definition) is 2. The monoisotopic (exact) mass is 253 g/mol. The van der Waals surface area contributed by atoms with Gasteiger partial charge in [0.05, 0.1) is 5.75 Å². The van der Waals surface area contributed by atoms with Crippen molar-refractivity contribution in [1.29, 1.82) is 0 Å². The summed E-state index contributed by atoms with van der Waals surface area (Å²) in [7, 11) is 2.06. The molecular weight excluding hydrogens is 242 g/mol. The first kappa shape index (κ1) is 10.2. The van der Waals surface area contributed by atoms with E-state index in [4.69, 9.17) is 0 Å². The van der Waals surface area contributed by atoms with Crippen molar-refractivity contribution in [1.82, 2.24) is 4.57 Å². The lowest BCUT2D eigenvalue weighted by Gasteiger charge is -2.00. The van der Waals surface area contributed by atoms with Crippen LogP contribution in [0.3, 0.4) is 0 Å². The van der Waals surface area contributed by atoms with E-state index in [1.165, 1.54) is 16.3 Å². The maximum atomic E-state index is 11.8. The summed E-state index contributed by atoms with van der Waals surface area (Å²) in [6.07, 6.45) is 0. The van der Waals surface area contributed by atoms with Gasteiger partial charge >= 0.3 is 0 Å². The molecule has 2 aromatic carbocycles. The number of fused-ring (bicyclic) bond motifs is 4. The quantitative estimate of drug-likeness (QED) is 0.610. The van der Waals surface area contributed by atoms with Crippen LogP contribution in [0.2, 0.25) is 0 Å². The second-order valence-corrected chi connectivity index (χ2v) is 5.67. The maximum Gasteiger partial charge on any atom is 0.174 e. The van der Waals surface area contributed by atoms with Crippen LogP contribution in [0.5, 0.6) is 0 Å². The maximum absolute atomic E-state index is 11.8. The number of ketones is 1. The standard InChI is InChI=1S/C15H11NOS/c1-16-12-5-3-2-4-9(12)10-7-15-11(6-13(10)16)14(17)8-18-15/h2-7H,8H2,1H3. The highest BCUT2D eigenvalue weighted by Gasteiger charge is 2.22. The van der Waals surface area contributed by atoms with Gasteiger partial charge in [0.25, 0.3) is 0 Å². The molecule has 0 N–H and O–H groups in total. The van der Waals surface area contributed by atoms with Gasteiger partial charge in [-0.2, -0.15) is 0 Å². The van der Waals surface area contributed by atoms with Crippen LogP contribution in [0, 0.1) is 0 Å². The number of rotatable bonds is 0. The minimum Gasteiger partial charge on any atom is -0.344 e. The summed E-state index contributed by atoms with van der Waals surface area (Å²) in [5.41, 5.74) is 3.25. The zero-order valence-electron chi connectivity index (χ0n) is 9.93. The highest BCUT2D eigenvalue weighted by atomic mass is 32.2. The van der Waals surface area contributed by atoms with Crippen molar-refractivity contribution in [2.45, 2.75) is 4.90 Å². The molecule has 2 heterocycles. The zero-order valence-corrected chi connectivity index (χ0v) is 10.8. The number of benzene rings is 2. The lowest BCUT2D eigenvalue weighted by atomic mass is 10.1. The second kappa shape index (κ2) is 3.39. The Labute approximate surface area is 109 Å². The number of thioether (sulfide) groups is 1. The topological polar surface area (TPSA) is 22.0 Å². The first-order chi connectivity index (χ1) is 8.75. The molecule has 0 saturated heterocycles. The molecule has 1 aliphatic heterocycles. The summed E-state index contributed by atoms with van der Waals surface area (Å²) in [6.45, 7) is 0. The van der Waals surface area contributed by atoms with Crippen LogP contribution in [0.4, 0.5) is 0 Å². The van der Waals surface area contributed by atoms with Crippen molar-refractivity contribution in [3.05, 3.63) is 42.0 Å². The van der Waals surface area contributed by atoms with Gasteiger partial charge in [-0.05, 0) is 18.2 Å². The van der Waals surface area contributed by atoms with Crippen molar-refractivity contribution >= 4 is 39.4 Å². The van der Waals surface area contributed by atoms with E-state index >= 15 is 0 Å². The lowest BCUT2D eigenvalue weighted by molar-refractivity contribution is 0.102. The fourth-order valence-electron chi connectivity index (χ4n) is 2.74. The lowest BCUT2D eigenvalue weighted by Crippen LogP contribution is -1.95. The number of para-hydroxylation sites is 1. The van der Waals surface area contributed by atoms with Gasteiger partial charge in [-0.3, -0.25) is 4.79 Å². The van der Waals surface area contributed by atoms with Gasteiger partial charge in [-0.1, -0.05) is 18.2 Å². The van der Waals surface area contributed by atoms with Crippen molar-refractivity contribution in [2.24, 2.45) is 7.05 Å².